The van der Waals surface area contributed by atoms with E-state index in [1.165, 1.54) is 21.9 Å². The van der Waals surface area contributed by atoms with Crippen LogP contribution in [0.4, 0.5) is 0 Å². The van der Waals surface area contributed by atoms with Crippen LogP contribution in [0, 0.1) is 0 Å². The summed E-state index contributed by atoms with van der Waals surface area (Å²) in [7, 11) is 0. The van der Waals surface area contributed by atoms with Gasteiger partial charge in [-0.2, -0.15) is 0 Å². The minimum Gasteiger partial charge on any atom is -1.00 e. The van der Waals surface area contributed by atoms with E-state index in [2.05, 4.69) is 51.0 Å². The first kappa shape index (κ1) is 20.3. The molecule has 17 heavy (non-hydrogen) atoms. The van der Waals surface area contributed by atoms with Crippen molar-refractivity contribution in [1.82, 2.24) is 0 Å². The molecule has 0 atom stereocenters. The summed E-state index contributed by atoms with van der Waals surface area (Å²) in [4.78, 5) is 0. The summed E-state index contributed by atoms with van der Waals surface area (Å²) in [5.74, 6) is 0. The van der Waals surface area contributed by atoms with Crippen molar-refractivity contribution in [3.05, 3.63) is 39.5 Å². The Morgan fingerprint density at radius 2 is 1.76 bits per heavy atom. The molecule has 0 unspecified atom stereocenters. The molecule has 0 aromatic heterocycles. The van der Waals surface area contributed by atoms with Crippen molar-refractivity contribution in [2.75, 3.05) is 0 Å². The Balaban J connectivity index is 0. The van der Waals surface area contributed by atoms with Crippen LogP contribution in [-0.4, -0.2) is 0 Å². The summed E-state index contributed by atoms with van der Waals surface area (Å²) in [5, 5.41) is 7.10. The maximum atomic E-state index is 3.48. The second-order valence-electron chi connectivity index (χ2n) is 3.12. The van der Waals surface area contributed by atoms with Gasteiger partial charge in [0.05, 0.1) is 0 Å². The van der Waals surface area contributed by atoms with Crippen LogP contribution in [0.1, 0.15) is 0 Å². The zero-order valence-corrected chi connectivity index (χ0v) is 15.5. The van der Waals surface area contributed by atoms with Crippen molar-refractivity contribution in [1.29, 1.82) is 0 Å². The average molecular weight is 448 g/mol. The van der Waals surface area contributed by atoms with E-state index in [0.29, 0.717) is 0 Å². The molecule has 0 radical (unpaired) electrons. The largest absolute Gasteiger partial charge is 4.00 e. The molecule has 0 bridgehead atoms. The molecule has 0 nitrogen and oxygen atoms in total. The second-order valence-corrected chi connectivity index (χ2v) is 4.78. The summed E-state index contributed by atoms with van der Waals surface area (Å²) < 4.78 is 1.15. The smallest absolute Gasteiger partial charge is 1.00 e. The first-order chi connectivity index (χ1) is 6.34. The Morgan fingerprint density at radius 1 is 1.06 bits per heavy atom. The molecule has 88 valence electrons. The number of fused-ring (bicyclic) bond motifs is 3. The van der Waals surface area contributed by atoms with E-state index in [1.54, 1.807) is 11.3 Å². The molecule has 3 rings (SSSR count). The fraction of sp³-hybridized carbons (Fsp3) is 0. The maximum absolute atomic E-state index is 3.48. The van der Waals surface area contributed by atoms with E-state index in [1.807, 2.05) is 0 Å². The van der Waals surface area contributed by atoms with Gasteiger partial charge in [0.1, 0.15) is 0 Å². The minimum absolute atomic E-state index is 0. The van der Waals surface area contributed by atoms with Gasteiger partial charge < -0.3 is 37.2 Å². The van der Waals surface area contributed by atoms with E-state index in [0.717, 1.165) is 4.47 Å². The summed E-state index contributed by atoms with van der Waals surface area (Å²) in [6, 6.07) is 8.68. The average Bonchev–Trinajstić information content (AvgIpc) is 2.62. The fourth-order valence-corrected chi connectivity index (χ4v) is 2.89. The number of hydrogen-bond acceptors (Lipinski definition) is 1. The third-order valence-corrected chi connectivity index (χ3v) is 3.56. The number of rotatable bonds is 0. The van der Waals surface area contributed by atoms with Crippen LogP contribution in [0.25, 0.3) is 21.9 Å². The Kier molecular flexibility index (Phi) is 9.87. The van der Waals surface area contributed by atoms with Crippen molar-refractivity contribution in [2.45, 2.75) is 0 Å². The Labute approximate surface area is 150 Å². The van der Waals surface area contributed by atoms with E-state index in [4.69, 9.17) is 0 Å². The van der Waals surface area contributed by atoms with Crippen molar-refractivity contribution in [2.24, 2.45) is 0 Å². The molecule has 0 fully saturated rings. The van der Waals surface area contributed by atoms with Gasteiger partial charge in [0.15, 0.2) is 0 Å². The van der Waals surface area contributed by atoms with E-state index in [9.17, 15) is 0 Å². The van der Waals surface area contributed by atoms with Crippen LogP contribution in [0.15, 0.2) is 39.5 Å². The summed E-state index contributed by atoms with van der Waals surface area (Å²) in [5.41, 5.74) is 2.74. The standard InChI is InChI=1S/C11H6BrS.3ClH.Zr/c12-9-1-2-10-7(4-9)3-8-5-13-6-11(8)10;;;;/h1-6H;3*1H;/q-1;;;;+4/p-3. The Bertz CT molecular complexity index is 549. The molecule has 0 spiro atoms. The fourth-order valence-electron chi connectivity index (χ4n) is 1.70. The summed E-state index contributed by atoms with van der Waals surface area (Å²) in [6.45, 7) is 0. The van der Waals surface area contributed by atoms with Crippen LogP contribution in [0.3, 0.4) is 0 Å². The van der Waals surface area contributed by atoms with Crippen LogP contribution in [-0.2, 0) is 26.2 Å². The zero-order chi connectivity index (χ0) is 8.84. The SMILES string of the molecule is Brc1ccc2c3cs[cH-]c-3cc2c1.[Cl-].[Cl-].[Cl-].[Zr+4]. The van der Waals surface area contributed by atoms with E-state index in [-0.39, 0.29) is 63.4 Å². The summed E-state index contributed by atoms with van der Waals surface area (Å²) in [6.07, 6.45) is 0. The molecule has 0 saturated carbocycles. The van der Waals surface area contributed by atoms with Crippen molar-refractivity contribution in [3.63, 3.8) is 0 Å². The topological polar surface area (TPSA) is 0 Å². The molecular weight excluding hydrogens is 442 g/mol. The first-order valence-corrected chi connectivity index (χ1v) is 5.79. The third-order valence-electron chi connectivity index (χ3n) is 2.31. The van der Waals surface area contributed by atoms with Gasteiger partial charge in [0, 0.05) is 4.47 Å². The Morgan fingerprint density at radius 3 is 2.47 bits per heavy atom. The van der Waals surface area contributed by atoms with Gasteiger partial charge in [-0.3, -0.25) is 11.3 Å². The maximum Gasteiger partial charge on any atom is 4.00 e. The van der Waals surface area contributed by atoms with Crippen molar-refractivity contribution in [3.8, 4) is 11.1 Å². The van der Waals surface area contributed by atoms with Crippen LogP contribution < -0.4 is 37.2 Å². The number of thiophene rings is 1. The molecule has 1 heterocycles. The number of halogens is 4. The molecule has 0 N–H and O–H groups in total. The minimum atomic E-state index is 0. The van der Waals surface area contributed by atoms with Gasteiger partial charge in [-0.05, 0) is 6.07 Å². The monoisotopic (exact) mass is 444 g/mol. The zero-order valence-electron chi connectivity index (χ0n) is 8.38. The van der Waals surface area contributed by atoms with Gasteiger partial charge >= 0.3 is 26.2 Å². The molecule has 1 aromatic rings. The third kappa shape index (κ3) is 3.75. The van der Waals surface area contributed by atoms with E-state index < -0.39 is 0 Å². The molecule has 1 aromatic carbocycles. The molecule has 2 aliphatic rings. The van der Waals surface area contributed by atoms with Gasteiger partial charge in [-0.25, -0.2) is 0 Å². The van der Waals surface area contributed by atoms with Crippen molar-refractivity contribution >= 4 is 38.0 Å². The Hall–Kier alpha value is 1.02. The summed E-state index contributed by atoms with van der Waals surface area (Å²) >= 11 is 5.25. The molecule has 1 aliphatic heterocycles. The predicted octanol–water partition coefficient (Wildman–Crippen LogP) is -4.50. The van der Waals surface area contributed by atoms with Gasteiger partial charge in [0.2, 0.25) is 0 Å². The number of hydrogen-bond donors (Lipinski definition) is 0. The van der Waals surface area contributed by atoms with Crippen LogP contribution in [0.5, 0.6) is 0 Å². The molecule has 6 heteroatoms. The van der Waals surface area contributed by atoms with Gasteiger partial charge in [-0.15, -0.1) is 22.6 Å². The molecule has 1 aliphatic carbocycles. The van der Waals surface area contributed by atoms with Crippen LogP contribution >= 0.6 is 27.3 Å². The van der Waals surface area contributed by atoms with Gasteiger partial charge in [0.25, 0.3) is 0 Å². The quantitative estimate of drug-likeness (QED) is 0.305. The van der Waals surface area contributed by atoms with Gasteiger partial charge in [-0.1, -0.05) is 44.2 Å². The predicted molar refractivity (Wildman–Crippen MR) is 61.7 cm³/mol. The molecule has 0 saturated heterocycles. The molecule has 0 amide bonds. The van der Waals surface area contributed by atoms with Crippen molar-refractivity contribution < 1.29 is 63.4 Å². The van der Waals surface area contributed by atoms with Crippen LogP contribution in [0.2, 0.25) is 0 Å². The second kappa shape index (κ2) is 8.25. The normalized spacial score (nSPS) is 8.76. The first-order valence-electron chi connectivity index (χ1n) is 4.05. The number of benzene rings is 1. The van der Waals surface area contributed by atoms with E-state index >= 15 is 0 Å². The molecular formula is C11H6BrCl3SZr.